The monoisotopic (exact) mass is 378 g/mol. The van der Waals surface area contributed by atoms with Gasteiger partial charge < -0.3 is 10.1 Å². The number of nitrogens with one attached hydrogen (secondary N) is 2. The van der Waals surface area contributed by atoms with Gasteiger partial charge in [0.1, 0.15) is 0 Å². The summed E-state index contributed by atoms with van der Waals surface area (Å²) in [7, 11) is 0. The Morgan fingerprint density at radius 1 is 1.16 bits per heavy atom. The highest BCUT2D eigenvalue weighted by Crippen LogP contribution is 2.27. The van der Waals surface area contributed by atoms with E-state index in [9.17, 15) is 22.8 Å². The van der Waals surface area contributed by atoms with Gasteiger partial charge in [0.2, 0.25) is 5.91 Å². The molecular formula is C16H21F3N2O3S. The van der Waals surface area contributed by atoms with Gasteiger partial charge in [-0.1, -0.05) is 0 Å². The van der Waals surface area contributed by atoms with Gasteiger partial charge in [-0.3, -0.25) is 14.3 Å². The number of ether oxygens (including phenoxy) is 1. The van der Waals surface area contributed by atoms with Crippen molar-refractivity contribution in [2.45, 2.75) is 44.7 Å². The van der Waals surface area contributed by atoms with Gasteiger partial charge in [0.25, 0.3) is 5.91 Å². The van der Waals surface area contributed by atoms with Gasteiger partial charge in [-0.15, -0.1) is 0 Å². The van der Waals surface area contributed by atoms with Crippen LogP contribution in [0.15, 0.2) is 24.3 Å². The van der Waals surface area contributed by atoms with Crippen LogP contribution in [0.5, 0.6) is 0 Å². The lowest BCUT2D eigenvalue weighted by molar-refractivity contribution is -0.116. The van der Waals surface area contributed by atoms with Crippen LogP contribution in [0.3, 0.4) is 0 Å². The smallest absolute Gasteiger partial charge is 0.379 e. The first-order chi connectivity index (χ1) is 11.7. The first-order valence-electron chi connectivity index (χ1n) is 7.74. The summed E-state index contributed by atoms with van der Waals surface area (Å²) in [6.07, 6.45) is 1.97. The number of amides is 2. The van der Waals surface area contributed by atoms with E-state index in [2.05, 4.69) is 5.32 Å². The minimum absolute atomic E-state index is 0.0700. The number of benzene rings is 1. The standard InChI is InChI=1S/C16H21F3N2O3S/c1-11(2)24-10-4-3-5-14(22)20-13-8-6-12(7-9-13)15(23)21-25-16(17,18)19/h6-9,11H,3-5,10H2,1-2H3,(H,20,22)(H,21,23). The Morgan fingerprint density at radius 3 is 2.36 bits per heavy atom. The molecule has 0 atom stereocenters. The third-order valence-electron chi connectivity index (χ3n) is 2.94. The lowest BCUT2D eigenvalue weighted by atomic mass is 10.2. The maximum absolute atomic E-state index is 12.0. The highest BCUT2D eigenvalue weighted by molar-refractivity contribution is 7.98. The second-order valence-electron chi connectivity index (χ2n) is 5.48. The zero-order chi connectivity index (χ0) is 18.9. The van der Waals surface area contributed by atoms with Gasteiger partial charge in [0.05, 0.1) is 18.1 Å². The van der Waals surface area contributed by atoms with Crippen molar-refractivity contribution in [3.63, 3.8) is 0 Å². The van der Waals surface area contributed by atoms with Crippen LogP contribution in [0.2, 0.25) is 0 Å². The Labute approximate surface area is 148 Å². The number of carbonyl (C=O) groups is 2. The molecule has 1 aromatic carbocycles. The van der Waals surface area contributed by atoms with E-state index in [1.165, 1.54) is 24.3 Å². The largest absolute Gasteiger partial charge is 0.461 e. The number of hydrogen-bond donors (Lipinski definition) is 2. The zero-order valence-corrected chi connectivity index (χ0v) is 14.8. The van der Waals surface area contributed by atoms with Gasteiger partial charge >= 0.3 is 5.51 Å². The summed E-state index contributed by atoms with van der Waals surface area (Å²) in [6, 6.07) is 5.62. The van der Waals surface area contributed by atoms with Crippen molar-refractivity contribution in [3.8, 4) is 0 Å². The minimum atomic E-state index is -4.54. The summed E-state index contributed by atoms with van der Waals surface area (Å²) < 4.78 is 43.1. The molecule has 0 bridgehead atoms. The molecule has 0 aliphatic heterocycles. The summed E-state index contributed by atoms with van der Waals surface area (Å²) in [5, 5.41) is 2.67. The average molecular weight is 378 g/mol. The molecule has 0 radical (unpaired) electrons. The summed E-state index contributed by atoms with van der Waals surface area (Å²) >= 11 is -0.613. The lowest BCUT2D eigenvalue weighted by Gasteiger charge is -2.09. The van der Waals surface area contributed by atoms with E-state index in [0.29, 0.717) is 25.1 Å². The van der Waals surface area contributed by atoms with Crippen LogP contribution in [-0.4, -0.2) is 30.0 Å². The van der Waals surface area contributed by atoms with Gasteiger partial charge in [0, 0.05) is 24.3 Å². The van der Waals surface area contributed by atoms with Crippen molar-refractivity contribution in [2.24, 2.45) is 0 Å². The van der Waals surface area contributed by atoms with Crippen LogP contribution in [0.25, 0.3) is 0 Å². The first kappa shape index (κ1) is 21.3. The van der Waals surface area contributed by atoms with E-state index >= 15 is 0 Å². The van der Waals surface area contributed by atoms with Crippen LogP contribution >= 0.6 is 11.9 Å². The fourth-order valence-corrected chi connectivity index (χ4v) is 2.12. The maximum Gasteiger partial charge on any atom is 0.461 e. The van der Waals surface area contributed by atoms with Gasteiger partial charge in [-0.2, -0.15) is 13.2 Å². The fourth-order valence-electron chi connectivity index (χ4n) is 1.80. The number of anilines is 1. The molecule has 0 heterocycles. The van der Waals surface area contributed by atoms with Crippen molar-refractivity contribution in [1.82, 2.24) is 4.72 Å². The van der Waals surface area contributed by atoms with E-state index in [-0.39, 0.29) is 17.6 Å². The number of rotatable bonds is 9. The van der Waals surface area contributed by atoms with Gasteiger partial charge in [0.15, 0.2) is 0 Å². The van der Waals surface area contributed by atoms with Crippen molar-refractivity contribution < 1.29 is 27.5 Å². The number of carbonyl (C=O) groups excluding carboxylic acids is 2. The number of halogens is 3. The quantitative estimate of drug-likeness (QED) is 0.501. The second kappa shape index (κ2) is 10.3. The van der Waals surface area contributed by atoms with E-state index in [4.69, 9.17) is 4.74 Å². The lowest BCUT2D eigenvalue weighted by Crippen LogP contribution is -2.21. The zero-order valence-electron chi connectivity index (χ0n) is 14.0. The number of alkyl halides is 3. The number of unbranched alkanes of at least 4 members (excludes halogenated alkanes) is 1. The number of hydrogen-bond acceptors (Lipinski definition) is 4. The fraction of sp³-hybridized carbons (Fsp3) is 0.500. The molecular weight excluding hydrogens is 357 g/mol. The Hall–Kier alpha value is -1.74. The van der Waals surface area contributed by atoms with E-state index < -0.39 is 23.4 Å². The molecule has 0 aliphatic rings. The summed E-state index contributed by atoms with van der Waals surface area (Å²) in [6.45, 7) is 4.49. The van der Waals surface area contributed by atoms with Crippen LogP contribution < -0.4 is 10.0 Å². The molecule has 5 nitrogen and oxygen atoms in total. The molecule has 0 aliphatic carbocycles. The second-order valence-corrected chi connectivity index (χ2v) is 6.35. The van der Waals surface area contributed by atoms with E-state index in [1.807, 2.05) is 13.8 Å². The van der Waals surface area contributed by atoms with E-state index in [0.717, 1.165) is 6.42 Å². The molecule has 0 saturated carbocycles. The summed E-state index contributed by atoms with van der Waals surface area (Å²) in [4.78, 5) is 23.3. The Kier molecular flexibility index (Phi) is 8.77. The average Bonchev–Trinajstić information content (AvgIpc) is 2.52. The summed E-state index contributed by atoms with van der Waals surface area (Å²) in [5.74, 6) is -1.03. The predicted molar refractivity (Wildman–Crippen MR) is 91.1 cm³/mol. The summed E-state index contributed by atoms with van der Waals surface area (Å²) in [5.41, 5.74) is -3.99. The van der Waals surface area contributed by atoms with Crippen molar-refractivity contribution in [1.29, 1.82) is 0 Å². The molecule has 2 N–H and O–H groups in total. The van der Waals surface area contributed by atoms with Crippen LogP contribution in [-0.2, 0) is 9.53 Å². The molecule has 1 rings (SSSR count). The predicted octanol–water partition coefficient (Wildman–Crippen LogP) is 4.12. The minimum Gasteiger partial charge on any atom is -0.379 e. The molecule has 25 heavy (non-hydrogen) atoms. The molecule has 9 heteroatoms. The third-order valence-corrected chi connectivity index (χ3v) is 3.46. The molecule has 1 aromatic rings. The molecule has 2 amide bonds. The van der Waals surface area contributed by atoms with Crippen LogP contribution in [0, 0.1) is 0 Å². The van der Waals surface area contributed by atoms with E-state index in [1.54, 1.807) is 4.72 Å². The van der Waals surface area contributed by atoms with Gasteiger partial charge in [-0.05, 0) is 51.0 Å². The molecule has 140 valence electrons. The SMILES string of the molecule is CC(C)OCCCCC(=O)Nc1ccc(C(=O)NSC(F)(F)F)cc1. The van der Waals surface area contributed by atoms with Crippen LogP contribution in [0.4, 0.5) is 18.9 Å². The van der Waals surface area contributed by atoms with Gasteiger partial charge in [-0.25, -0.2) is 0 Å². The van der Waals surface area contributed by atoms with Crippen molar-refractivity contribution in [3.05, 3.63) is 29.8 Å². The van der Waals surface area contributed by atoms with Crippen LogP contribution in [0.1, 0.15) is 43.5 Å². The first-order valence-corrected chi connectivity index (χ1v) is 8.55. The highest BCUT2D eigenvalue weighted by atomic mass is 32.2. The molecule has 0 spiro atoms. The molecule has 0 saturated heterocycles. The Balaban J connectivity index is 2.36. The third kappa shape index (κ3) is 9.98. The normalized spacial score (nSPS) is 11.4. The molecule has 0 unspecified atom stereocenters. The molecule has 0 fully saturated rings. The topological polar surface area (TPSA) is 67.4 Å². The van der Waals surface area contributed by atoms with Crippen molar-refractivity contribution >= 4 is 29.4 Å². The van der Waals surface area contributed by atoms with Crippen molar-refractivity contribution in [2.75, 3.05) is 11.9 Å². The molecule has 0 aromatic heterocycles. The Bertz CT molecular complexity index is 563. The maximum atomic E-state index is 12.0. The Morgan fingerprint density at radius 2 is 1.80 bits per heavy atom. The highest BCUT2D eigenvalue weighted by Gasteiger charge is 2.30.